The van der Waals surface area contributed by atoms with Crippen molar-refractivity contribution in [1.82, 2.24) is 10.2 Å². The van der Waals surface area contributed by atoms with E-state index in [1.54, 1.807) is 0 Å². The van der Waals surface area contributed by atoms with Gasteiger partial charge in [-0.1, -0.05) is 6.42 Å². The van der Waals surface area contributed by atoms with Crippen LogP contribution in [0.25, 0.3) is 0 Å². The summed E-state index contributed by atoms with van der Waals surface area (Å²) in [6, 6.07) is 0. The van der Waals surface area contributed by atoms with Gasteiger partial charge in [0.05, 0.1) is 0 Å². The number of aliphatic carboxylic acids is 1. The van der Waals surface area contributed by atoms with Gasteiger partial charge in [-0.15, -0.1) is 10.2 Å². The summed E-state index contributed by atoms with van der Waals surface area (Å²) in [6.07, 6.45) is 6.47. The zero-order valence-electron chi connectivity index (χ0n) is 10.3. The number of carbonyl (C=O) groups is 1. The van der Waals surface area contributed by atoms with E-state index in [0.717, 1.165) is 17.7 Å². The number of aromatic nitrogens is 2. The van der Waals surface area contributed by atoms with E-state index in [1.807, 2.05) is 0 Å². The summed E-state index contributed by atoms with van der Waals surface area (Å²) < 4.78 is 5.69. The van der Waals surface area contributed by atoms with Crippen molar-refractivity contribution in [3.05, 3.63) is 11.8 Å². The minimum Gasteiger partial charge on any atom is -0.481 e. The molecule has 5 nitrogen and oxygen atoms in total. The van der Waals surface area contributed by atoms with E-state index in [9.17, 15) is 4.79 Å². The number of hydrogen-bond acceptors (Lipinski definition) is 4. The predicted octanol–water partition coefficient (Wildman–Crippen LogP) is 2.38. The Morgan fingerprint density at radius 3 is 2.89 bits per heavy atom. The van der Waals surface area contributed by atoms with Crippen LogP contribution in [-0.4, -0.2) is 21.3 Å². The molecule has 98 valence electrons. The van der Waals surface area contributed by atoms with Gasteiger partial charge in [0.25, 0.3) is 0 Å². The molecule has 2 aliphatic rings. The first kappa shape index (κ1) is 11.7. The molecule has 1 aromatic rings. The summed E-state index contributed by atoms with van der Waals surface area (Å²) >= 11 is 0. The summed E-state index contributed by atoms with van der Waals surface area (Å²) in [6.45, 7) is 0. The predicted molar refractivity (Wildman–Crippen MR) is 63.1 cm³/mol. The molecule has 2 aliphatic carbocycles. The zero-order valence-corrected chi connectivity index (χ0v) is 10.3. The Labute approximate surface area is 106 Å². The molecule has 0 spiro atoms. The maximum Gasteiger partial charge on any atom is 0.303 e. The van der Waals surface area contributed by atoms with Crippen molar-refractivity contribution in [3.8, 4) is 0 Å². The van der Waals surface area contributed by atoms with Crippen LogP contribution in [0.4, 0.5) is 0 Å². The van der Waals surface area contributed by atoms with Gasteiger partial charge in [-0.2, -0.15) is 0 Å². The quantitative estimate of drug-likeness (QED) is 0.868. The molecule has 3 unspecified atom stereocenters. The van der Waals surface area contributed by atoms with Crippen LogP contribution in [0.1, 0.15) is 56.2 Å². The molecule has 1 heterocycles. The van der Waals surface area contributed by atoms with Crippen LogP contribution in [0, 0.1) is 11.8 Å². The number of carboxylic acids is 1. The van der Waals surface area contributed by atoms with Crippen LogP contribution < -0.4 is 0 Å². The highest BCUT2D eigenvalue weighted by Crippen LogP contribution is 2.52. The summed E-state index contributed by atoms with van der Waals surface area (Å²) in [4.78, 5) is 10.4. The van der Waals surface area contributed by atoms with E-state index in [0.29, 0.717) is 24.7 Å². The van der Waals surface area contributed by atoms with Crippen LogP contribution >= 0.6 is 0 Å². The van der Waals surface area contributed by atoms with Crippen molar-refractivity contribution < 1.29 is 14.3 Å². The minimum atomic E-state index is -0.775. The van der Waals surface area contributed by atoms with E-state index in [1.165, 1.54) is 25.7 Å². The average molecular weight is 250 g/mol. The Morgan fingerprint density at radius 2 is 2.22 bits per heavy atom. The summed E-state index contributed by atoms with van der Waals surface area (Å²) in [7, 11) is 0. The monoisotopic (exact) mass is 250 g/mol. The van der Waals surface area contributed by atoms with Gasteiger partial charge < -0.3 is 9.52 Å². The van der Waals surface area contributed by atoms with Crippen molar-refractivity contribution in [3.63, 3.8) is 0 Å². The van der Waals surface area contributed by atoms with Gasteiger partial charge in [-0.05, 0) is 37.5 Å². The van der Waals surface area contributed by atoms with Crippen molar-refractivity contribution in [2.45, 2.75) is 50.9 Å². The summed E-state index contributed by atoms with van der Waals surface area (Å²) in [5.41, 5.74) is 0. The molecule has 0 aliphatic heterocycles. The maximum atomic E-state index is 10.4. The lowest BCUT2D eigenvalue weighted by Gasteiger charge is -2.17. The van der Waals surface area contributed by atoms with E-state index in [-0.39, 0.29) is 6.42 Å². The first-order valence-electron chi connectivity index (χ1n) is 6.76. The fourth-order valence-corrected chi connectivity index (χ4v) is 3.46. The summed E-state index contributed by atoms with van der Waals surface area (Å²) in [5.74, 6) is 2.67. The first-order valence-corrected chi connectivity index (χ1v) is 6.76. The second-order valence-electron chi connectivity index (χ2n) is 5.56. The van der Waals surface area contributed by atoms with Crippen molar-refractivity contribution in [2.24, 2.45) is 11.8 Å². The lowest BCUT2D eigenvalue weighted by Crippen LogP contribution is -2.08. The lowest BCUT2D eigenvalue weighted by molar-refractivity contribution is -0.137. The SMILES string of the molecule is O=C(O)CCCc1nnc(C2CC3CCC2C3)o1. The topological polar surface area (TPSA) is 76.2 Å². The fourth-order valence-electron chi connectivity index (χ4n) is 3.46. The Bertz CT molecular complexity index is 443. The second kappa shape index (κ2) is 4.71. The molecule has 0 saturated heterocycles. The first-order chi connectivity index (χ1) is 8.72. The van der Waals surface area contributed by atoms with Gasteiger partial charge >= 0.3 is 5.97 Å². The van der Waals surface area contributed by atoms with Gasteiger partial charge in [0.1, 0.15) is 0 Å². The number of fused-ring (bicyclic) bond motifs is 2. The van der Waals surface area contributed by atoms with Gasteiger partial charge in [0.15, 0.2) is 0 Å². The van der Waals surface area contributed by atoms with E-state index in [2.05, 4.69) is 10.2 Å². The number of aryl methyl sites for hydroxylation is 1. The van der Waals surface area contributed by atoms with Crippen LogP contribution in [0.2, 0.25) is 0 Å². The Balaban J connectivity index is 1.58. The van der Waals surface area contributed by atoms with Gasteiger partial charge in [0.2, 0.25) is 11.8 Å². The fraction of sp³-hybridized carbons (Fsp3) is 0.769. The Morgan fingerprint density at radius 1 is 1.33 bits per heavy atom. The van der Waals surface area contributed by atoms with Crippen molar-refractivity contribution >= 4 is 5.97 Å². The molecule has 2 bridgehead atoms. The molecule has 2 saturated carbocycles. The van der Waals surface area contributed by atoms with Crippen molar-refractivity contribution in [1.29, 1.82) is 0 Å². The standard InChI is InChI=1S/C13H18N2O3/c16-12(17)3-1-2-11-14-15-13(18-11)10-7-8-4-5-9(10)6-8/h8-10H,1-7H2,(H,16,17). The zero-order chi connectivity index (χ0) is 12.5. The minimum absolute atomic E-state index is 0.159. The molecule has 3 rings (SSSR count). The highest BCUT2D eigenvalue weighted by molar-refractivity contribution is 5.66. The second-order valence-corrected chi connectivity index (χ2v) is 5.56. The van der Waals surface area contributed by atoms with Crippen LogP contribution in [-0.2, 0) is 11.2 Å². The molecule has 0 aromatic carbocycles. The molecule has 18 heavy (non-hydrogen) atoms. The van der Waals surface area contributed by atoms with E-state index >= 15 is 0 Å². The van der Waals surface area contributed by atoms with Crippen LogP contribution in [0.15, 0.2) is 4.42 Å². The van der Waals surface area contributed by atoms with E-state index in [4.69, 9.17) is 9.52 Å². The average Bonchev–Trinajstić information content (AvgIpc) is 3.03. The van der Waals surface area contributed by atoms with Gasteiger partial charge in [0, 0.05) is 18.8 Å². The van der Waals surface area contributed by atoms with Crippen LogP contribution in [0.3, 0.4) is 0 Å². The number of hydrogen-bond donors (Lipinski definition) is 1. The third-order valence-electron chi connectivity index (χ3n) is 4.32. The largest absolute Gasteiger partial charge is 0.481 e. The third kappa shape index (κ3) is 2.26. The Kier molecular flexibility index (Phi) is 3.06. The molecule has 1 aromatic heterocycles. The van der Waals surface area contributed by atoms with Crippen molar-refractivity contribution in [2.75, 3.05) is 0 Å². The molecule has 0 radical (unpaired) electrons. The number of carboxylic acid groups (broad SMARTS) is 1. The molecule has 5 heteroatoms. The highest BCUT2D eigenvalue weighted by Gasteiger charge is 2.42. The number of nitrogens with zero attached hydrogens (tertiary/aromatic N) is 2. The normalized spacial score (nSPS) is 29.9. The Hall–Kier alpha value is -1.39. The van der Waals surface area contributed by atoms with E-state index < -0.39 is 5.97 Å². The maximum absolute atomic E-state index is 10.4. The molecular weight excluding hydrogens is 232 g/mol. The molecule has 2 fully saturated rings. The highest BCUT2D eigenvalue weighted by atomic mass is 16.4. The van der Waals surface area contributed by atoms with Crippen LogP contribution in [0.5, 0.6) is 0 Å². The molecule has 0 amide bonds. The molecule has 1 N–H and O–H groups in total. The smallest absolute Gasteiger partial charge is 0.303 e. The molecule has 3 atom stereocenters. The number of rotatable bonds is 5. The lowest BCUT2D eigenvalue weighted by atomic mass is 9.89. The van der Waals surface area contributed by atoms with Gasteiger partial charge in [-0.3, -0.25) is 4.79 Å². The summed E-state index contributed by atoms with van der Waals surface area (Å²) in [5, 5.41) is 16.8. The van der Waals surface area contributed by atoms with Gasteiger partial charge in [-0.25, -0.2) is 0 Å². The third-order valence-corrected chi connectivity index (χ3v) is 4.32. The molecular formula is C13H18N2O3.